The Kier molecular flexibility index (Phi) is 5.34. The molecule has 1 unspecified atom stereocenters. The average Bonchev–Trinajstić information content (AvgIpc) is 2.86. The van der Waals surface area contributed by atoms with Crippen LogP contribution in [0.5, 0.6) is 0 Å². The summed E-state index contributed by atoms with van der Waals surface area (Å²) in [6.45, 7) is 2.45. The molecule has 2 N–H and O–H groups in total. The Morgan fingerprint density at radius 1 is 1.47 bits per heavy atom. The number of carbonyl (C=O) groups excluding carboxylic acids is 1. The molecule has 0 saturated carbocycles. The van der Waals surface area contributed by atoms with Gasteiger partial charge in [-0.15, -0.1) is 0 Å². The summed E-state index contributed by atoms with van der Waals surface area (Å²) in [5.41, 5.74) is 0.766. The maximum absolute atomic E-state index is 13.2. The van der Waals surface area contributed by atoms with E-state index >= 15 is 0 Å². The van der Waals surface area contributed by atoms with Crippen LogP contribution in [0.15, 0.2) is 22.7 Å². The number of carbonyl (C=O) groups is 1. The lowest BCUT2D eigenvalue weighted by Gasteiger charge is -2.09. The average molecular weight is 329 g/mol. The first-order chi connectivity index (χ1) is 9.13. The lowest BCUT2D eigenvalue weighted by atomic mass is 10.0. The molecular formula is C14H18BrFN2O. The summed E-state index contributed by atoms with van der Waals surface area (Å²) in [7, 11) is 0. The van der Waals surface area contributed by atoms with Gasteiger partial charge in [-0.1, -0.05) is 15.9 Å². The first-order valence-electron chi connectivity index (χ1n) is 6.56. The Hall–Kier alpha value is -0.940. The summed E-state index contributed by atoms with van der Waals surface area (Å²) in [4.78, 5) is 11.7. The number of nitrogens with one attached hydrogen (secondary N) is 2. The fourth-order valence-electron chi connectivity index (χ4n) is 2.30. The van der Waals surface area contributed by atoms with Gasteiger partial charge in [0.25, 0.3) is 0 Å². The minimum Gasteiger partial charge on any atom is -0.352 e. The van der Waals surface area contributed by atoms with Crippen LogP contribution in [0.4, 0.5) is 4.39 Å². The molecule has 1 saturated heterocycles. The third-order valence-corrected chi connectivity index (χ3v) is 3.81. The van der Waals surface area contributed by atoms with E-state index in [-0.39, 0.29) is 11.7 Å². The molecule has 1 aromatic rings. The Bertz CT molecular complexity index is 427. The van der Waals surface area contributed by atoms with Gasteiger partial charge in [-0.05, 0) is 55.6 Å². The van der Waals surface area contributed by atoms with Crippen molar-refractivity contribution in [2.45, 2.75) is 25.8 Å². The molecule has 3 nitrogen and oxygen atoms in total. The molecule has 1 aromatic carbocycles. The fourth-order valence-corrected chi connectivity index (χ4v) is 2.81. The van der Waals surface area contributed by atoms with Crippen molar-refractivity contribution in [1.29, 1.82) is 0 Å². The van der Waals surface area contributed by atoms with Crippen LogP contribution in [0, 0.1) is 11.7 Å². The standard InChI is InChI=1S/C14H18BrFN2O/c15-12-5-11(6-13(16)7-12)9-18-14(19)2-1-10-3-4-17-8-10/h5-7,10,17H,1-4,8-9H2,(H,18,19). The van der Waals surface area contributed by atoms with Gasteiger partial charge < -0.3 is 10.6 Å². The zero-order valence-corrected chi connectivity index (χ0v) is 12.3. The third-order valence-electron chi connectivity index (χ3n) is 3.35. The molecule has 19 heavy (non-hydrogen) atoms. The van der Waals surface area contributed by atoms with Crippen LogP contribution in [0.25, 0.3) is 0 Å². The van der Waals surface area contributed by atoms with E-state index in [0.29, 0.717) is 23.4 Å². The van der Waals surface area contributed by atoms with E-state index in [2.05, 4.69) is 26.6 Å². The Morgan fingerprint density at radius 2 is 2.32 bits per heavy atom. The van der Waals surface area contributed by atoms with Crippen molar-refractivity contribution in [2.75, 3.05) is 13.1 Å². The highest BCUT2D eigenvalue weighted by atomic mass is 79.9. The Balaban J connectivity index is 1.73. The van der Waals surface area contributed by atoms with Gasteiger partial charge in [0.2, 0.25) is 5.91 Å². The molecule has 0 radical (unpaired) electrons. The molecule has 1 heterocycles. The van der Waals surface area contributed by atoms with Crippen molar-refractivity contribution in [2.24, 2.45) is 5.92 Å². The topological polar surface area (TPSA) is 41.1 Å². The second kappa shape index (κ2) is 7.01. The third kappa shape index (κ3) is 4.91. The summed E-state index contributed by atoms with van der Waals surface area (Å²) >= 11 is 3.24. The first kappa shape index (κ1) is 14.5. The minimum absolute atomic E-state index is 0.0345. The van der Waals surface area contributed by atoms with Crippen molar-refractivity contribution in [1.82, 2.24) is 10.6 Å². The van der Waals surface area contributed by atoms with Crippen LogP contribution in [-0.2, 0) is 11.3 Å². The van der Waals surface area contributed by atoms with E-state index < -0.39 is 0 Å². The number of hydrogen-bond donors (Lipinski definition) is 2. The van der Waals surface area contributed by atoms with Gasteiger partial charge in [0, 0.05) is 17.4 Å². The van der Waals surface area contributed by atoms with Crippen molar-refractivity contribution < 1.29 is 9.18 Å². The molecule has 0 aromatic heterocycles. The number of halogens is 2. The van der Waals surface area contributed by atoms with Crippen molar-refractivity contribution in [3.05, 3.63) is 34.1 Å². The quantitative estimate of drug-likeness (QED) is 0.872. The highest BCUT2D eigenvalue weighted by Crippen LogP contribution is 2.16. The van der Waals surface area contributed by atoms with E-state index in [1.165, 1.54) is 12.1 Å². The summed E-state index contributed by atoms with van der Waals surface area (Å²) < 4.78 is 13.8. The summed E-state index contributed by atoms with van der Waals surface area (Å²) in [6.07, 6.45) is 2.62. The lowest BCUT2D eigenvalue weighted by molar-refractivity contribution is -0.121. The molecule has 1 aliphatic heterocycles. The van der Waals surface area contributed by atoms with Gasteiger partial charge in [0.1, 0.15) is 5.82 Å². The van der Waals surface area contributed by atoms with E-state index in [4.69, 9.17) is 0 Å². The second-order valence-corrected chi connectivity index (χ2v) is 5.87. The molecule has 0 spiro atoms. The van der Waals surface area contributed by atoms with Crippen LogP contribution in [0.2, 0.25) is 0 Å². The Morgan fingerprint density at radius 3 is 3.00 bits per heavy atom. The minimum atomic E-state index is -0.296. The van der Waals surface area contributed by atoms with Gasteiger partial charge in [0.05, 0.1) is 0 Å². The number of amides is 1. The summed E-state index contributed by atoms with van der Waals surface area (Å²) in [6, 6.07) is 4.65. The van der Waals surface area contributed by atoms with E-state index in [9.17, 15) is 9.18 Å². The zero-order chi connectivity index (χ0) is 13.7. The molecule has 2 rings (SSSR count). The maximum atomic E-state index is 13.2. The first-order valence-corrected chi connectivity index (χ1v) is 7.35. The molecular weight excluding hydrogens is 311 g/mol. The molecule has 104 valence electrons. The van der Waals surface area contributed by atoms with Gasteiger partial charge in [-0.2, -0.15) is 0 Å². The van der Waals surface area contributed by atoms with Gasteiger partial charge in [-0.3, -0.25) is 4.79 Å². The number of benzene rings is 1. The van der Waals surface area contributed by atoms with Crippen LogP contribution in [0.1, 0.15) is 24.8 Å². The fraction of sp³-hybridized carbons (Fsp3) is 0.500. The Labute approximate surface area is 121 Å². The predicted octanol–water partition coefficient (Wildman–Crippen LogP) is 2.59. The van der Waals surface area contributed by atoms with E-state index in [1.807, 2.05) is 6.07 Å². The summed E-state index contributed by atoms with van der Waals surface area (Å²) in [5, 5.41) is 6.12. The molecule has 0 aliphatic carbocycles. The maximum Gasteiger partial charge on any atom is 0.220 e. The summed E-state index contributed by atoms with van der Waals surface area (Å²) in [5.74, 6) is 0.358. The van der Waals surface area contributed by atoms with Gasteiger partial charge >= 0.3 is 0 Å². The predicted molar refractivity (Wildman–Crippen MR) is 76.2 cm³/mol. The number of hydrogen-bond acceptors (Lipinski definition) is 2. The van der Waals surface area contributed by atoms with Gasteiger partial charge in [0.15, 0.2) is 0 Å². The van der Waals surface area contributed by atoms with Crippen LogP contribution >= 0.6 is 15.9 Å². The highest BCUT2D eigenvalue weighted by Gasteiger charge is 2.15. The molecule has 1 atom stereocenters. The molecule has 1 fully saturated rings. The highest BCUT2D eigenvalue weighted by molar-refractivity contribution is 9.10. The van der Waals surface area contributed by atoms with Crippen LogP contribution < -0.4 is 10.6 Å². The molecule has 0 bridgehead atoms. The van der Waals surface area contributed by atoms with Crippen LogP contribution in [-0.4, -0.2) is 19.0 Å². The normalized spacial score (nSPS) is 18.5. The second-order valence-electron chi connectivity index (χ2n) is 4.95. The van der Waals surface area contributed by atoms with Crippen molar-refractivity contribution in [3.8, 4) is 0 Å². The van der Waals surface area contributed by atoms with Crippen LogP contribution in [0.3, 0.4) is 0 Å². The van der Waals surface area contributed by atoms with Crippen molar-refractivity contribution >= 4 is 21.8 Å². The molecule has 5 heteroatoms. The van der Waals surface area contributed by atoms with Crippen molar-refractivity contribution in [3.63, 3.8) is 0 Å². The largest absolute Gasteiger partial charge is 0.352 e. The monoisotopic (exact) mass is 328 g/mol. The lowest BCUT2D eigenvalue weighted by Crippen LogP contribution is -2.23. The molecule has 1 amide bonds. The number of rotatable bonds is 5. The van der Waals surface area contributed by atoms with Gasteiger partial charge in [-0.25, -0.2) is 4.39 Å². The smallest absolute Gasteiger partial charge is 0.220 e. The zero-order valence-electron chi connectivity index (χ0n) is 10.7. The van der Waals surface area contributed by atoms with E-state index in [0.717, 1.165) is 31.5 Å². The SMILES string of the molecule is O=C(CCC1CCNC1)NCc1cc(F)cc(Br)c1. The molecule has 1 aliphatic rings. The van der Waals surface area contributed by atoms with E-state index in [1.54, 1.807) is 0 Å².